The first-order valence-corrected chi connectivity index (χ1v) is 13.2. The molecule has 1 amide bonds. The first kappa shape index (κ1) is 28.2. The summed E-state index contributed by atoms with van der Waals surface area (Å²) in [5.41, 5.74) is 3.53. The minimum Gasteiger partial charge on any atom is -0.494 e. The number of benzene rings is 4. The van der Waals surface area contributed by atoms with Gasteiger partial charge in [-0.3, -0.25) is 4.79 Å². The second-order valence-corrected chi connectivity index (χ2v) is 8.90. The molecule has 4 aromatic carbocycles. The third kappa shape index (κ3) is 7.60. The summed E-state index contributed by atoms with van der Waals surface area (Å²) < 4.78 is 22.6. The quantitative estimate of drug-likeness (QED) is 0.100. The molecule has 40 heavy (non-hydrogen) atoms. The molecule has 0 aliphatic heterocycles. The molecular weight excluding hydrogens is 508 g/mol. The van der Waals surface area contributed by atoms with E-state index in [1.165, 1.54) is 6.21 Å². The lowest BCUT2D eigenvalue weighted by Gasteiger charge is -2.13. The molecule has 0 bridgehead atoms. The van der Waals surface area contributed by atoms with Gasteiger partial charge in [0.1, 0.15) is 11.5 Å². The fourth-order valence-corrected chi connectivity index (χ4v) is 3.78. The molecule has 8 heteroatoms. The number of ether oxygens (including phenoxy) is 4. The number of hydrogen-bond donors (Lipinski definition) is 1. The molecule has 0 saturated heterocycles. The smallest absolute Gasteiger partial charge is 0.343 e. The van der Waals surface area contributed by atoms with E-state index in [0.717, 1.165) is 17.2 Å². The van der Waals surface area contributed by atoms with Crippen LogP contribution in [0.3, 0.4) is 0 Å². The molecule has 0 spiro atoms. The molecule has 0 aliphatic carbocycles. The predicted octanol–water partition coefficient (Wildman–Crippen LogP) is 6.16. The third-order valence-corrected chi connectivity index (χ3v) is 5.82. The number of fused-ring (bicyclic) bond motifs is 1. The number of rotatable bonds is 12. The second-order valence-electron chi connectivity index (χ2n) is 8.90. The maximum atomic E-state index is 12.7. The number of nitrogens with one attached hydrogen (secondary N) is 1. The lowest BCUT2D eigenvalue weighted by Crippen LogP contribution is -2.33. The van der Waals surface area contributed by atoms with Crippen LogP contribution >= 0.6 is 0 Å². The minimum atomic E-state index is -0.758. The van der Waals surface area contributed by atoms with Gasteiger partial charge in [0.2, 0.25) is 0 Å². The van der Waals surface area contributed by atoms with Gasteiger partial charge in [-0.2, -0.15) is 5.10 Å². The van der Waals surface area contributed by atoms with E-state index in [-0.39, 0.29) is 5.75 Å². The summed E-state index contributed by atoms with van der Waals surface area (Å²) in [4.78, 5) is 25.2. The van der Waals surface area contributed by atoms with Gasteiger partial charge in [-0.25, -0.2) is 10.2 Å². The molecule has 1 N–H and O–H groups in total. The van der Waals surface area contributed by atoms with Crippen molar-refractivity contribution in [1.82, 2.24) is 5.43 Å². The number of amides is 1. The van der Waals surface area contributed by atoms with Gasteiger partial charge in [0.05, 0.1) is 25.0 Å². The molecule has 4 aromatic rings. The summed E-state index contributed by atoms with van der Waals surface area (Å²) >= 11 is 0. The van der Waals surface area contributed by atoms with Crippen LogP contribution < -0.4 is 24.4 Å². The Morgan fingerprint density at radius 2 is 1.60 bits per heavy atom. The first-order valence-electron chi connectivity index (χ1n) is 13.2. The largest absolute Gasteiger partial charge is 0.494 e. The SMILES string of the molecule is CCCOc1ccc(C(=O)Oc2ccc(C=NNC(=O)C(C)Oc3ccc4ccccc4c3)cc2OCC)cc1. The predicted molar refractivity (Wildman–Crippen MR) is 155 cm³/mol. The van der Waals surface area contributed by atoms with Crippen LogP contribution in [0.1, 0.15) is 43.1 Å². The van der Waals surface area contributed by atoms with Crippen LogP contribution in [0.15, 0.2) is 90.0 Å². The number of carbonyl (C=O) groups excluding carboxylic acids is 2. The van der Waals surface area contributed by atoms with Gasteiger partial charge < -0.3 is 18.9 Å². The Balaban J connectivity index is 1.35. The monoisotopic (exact) mass is 540 g/mol. The fourth-order valence-electron chi connectivity index (χ4n) is 3.78. The average Bonchev–Trinajstić information content (AvgIpc) is 2.97. The van der Waals surface area contributed by atoms with Crippen molar-refractivity contribution in [3.63, 3.8) is 0 Å². The van der Waals surface area contributed by atoms with Gasteiger partial charge in [0.15, 0.2) is 17.6 Å². The van der Waals surface area contributed by atoms with E-state index in [1.807, 2.05) is 56.3 Å². The highest BCUT2D eigenvalue weighted by Crippen LogP contribution is 2.29. The summed E-state index contributed by atoms with van der Waals surface area (Å²) in [6, 6.07) is 25.4. The molecule has 0 radical (unpaired) electrons. The highest BCUT2D eigenvalue weighted by atomic mass is 16.6. The van der Waals surface area contributed by atoms with Gasteiger partial charge >= 0.3 is 5.97 Å². The Bertz CT molecular complexity index is 1480. The Morgan fingerprint density at radius 1 is 0.850 bits per heavy atom. The Labute approximate surface area is 233 Å². The molecule has 0 saturated carbocycles. The van der Waals surface area contributed by atoms with Crippen molar-refractivity contribution in [3.8, 4) is 23.0 Å². The first-order chi connectivity index (χ1) is 19.5. The average molecular weight is 541 g/mol. The summed E-state index contributed by atoms with van der Waals surface area (Å²) in [7, 11) is 0. The van der Waals surface area contributed by atoms with Crippen LogP contribution in [0.2, 0.25) is 0 Å². The van der Waals surface area contributed by atoms with Crippen LogP contribution in [-0.2, 0) is 4.79 Å². The highest BCUT2D eigenvalue weighted by Gasteiger charge is 2.15. The zero-order valence-electron chi connectivity index (χ0n) is 22.8. The van der Waals surface area contributed by atoms with Crippen molar-refractivity contribution in [1.29, 1.82) is 0 Å². The molecule has 206 valence electrons. The van der Waals surface area contributed by atoms with Crippen molar-refractivity contribution in [2.75, 3.05) is 13.2 Å². The van der Waals surface area contributed by atoms with Crippen LogP contribution in [0.25, 0.3) is 10.8 Å². The highest BCUT2D eigenvalue weighted by molar-refractivity contribution is 5.92. The number of hydrogen-bond acceptors (Lipinski definition) is 7. The maximum absolute atomic E-state index is 12.7. The molecule has 0 fully saturated rings. The van der Waals surface area contributed by atoms with Crippen molar-refractivity contribution in [2.24, 2.45) is 5.10 Å². The Morgan fingerprint density at radius 3 is 2.35 bits per heavy atom. The fraction of sp³-hybridized carbons (Fsp3) is 0.219. The van der Waals surface area contributed by atoms with Gasteiger partial charge in [0.25, 0.3) is 5.91 Å². The molecule has 4 rings (SSSR count). The van der Waals surface area contributed by atoms with E-state index in [2.05, 4.69) is 10.5 Å². The van der Waals surface area contributed by atoms with Crippen LogP contribution in [0.4, 0.5) is 0 Å². The van der Waals surface area contributed by atoms with Crippen LogP contribution in [0.5, 0.6) is 23.0 Å². The van der Waals surface area contributed by atoms with Gasteiger partial charge in [-0.05, 0) is 91.2 Å². The third-order valence-electron chi connectivity index (χ3n) is 5.82. The summed E-state index contributed by atoms with van der Waals surface area (Å²) in [5, 5.41) is 6.16. The normalized spacial score (nSPS) is 11.7. The lowest BCUT2D eigenvalue weighted by molar-refractivity contribution is -0.127. The molecule has 0 heterocycles. The van der Waals surface area contributed by atoms with E-state index < -0.39 is 18.0 Å². The minimum absolute atomic E-state index is 0.275. The van der Waals surface area contributed by atoms with Crippen LogP contribution in [0, 0.1) is 0 Å². The number of nitrogens with zero attached hydrogens (tertiary/aromatic N) is 1. The summed E-state index contributed by atoms with van der Waals surface area (Å²) in [6.07, 6.45) is 1.62. The zero-order valence-corrected chi connectivity index (χ0v) is 22.8. The number of hydrazone groups is 1. The molecule has 1 unspecified atom stereocenters. The van der Waals surface area contributed by atoms with Crippen molar-refractivity contribution >= 4 is 28.9 Å². The van der Waals surface area contributed by atoms with Gasteiger partial charge in [-0.15, -0.1) is 0 Å². The van der Waals surface area contributed by atoms with Gasteiger partial charge in [-0.1, -0.05) is 37.3 Å². The summed E-state index contributed by atoms with van der Waals surface area (Å²) in [6.45, 7) is 6.49. The molecule has 0 aliphatic rings. The maximum Gasteiger partial charge on any atom is 0.343 e. The van der Waals surface area contributed by atoms with E-state index >= 15 is 0 Å². The Hall–Kier alpha value is -4.85. The lowest BCUT2D eigenvalue weighted by atomic mass is 10.1. The molecular formula is C32H32N2O6. The van der Waals surface area contributed by atoms with E-state index in [4.69, 9.17) is 18.9 Å². The summed E-state index contributed by atoms with van der Waals surface area (Å²) in [5.74, 6) is 1.03. The molecule has 8 nitrogen and oxygen atoms in total. The van der Waals surface area contributed by atoms with Crippen molar-refractivity contribution in [3.05, 3.63) is 96.1 Å². The second kappa shape index (κ2) is 13.8. The number of carbonyl (C=O) groups is 2. The zero-order chi connectivity index (χ0) is 28.3. The topological polar surface area (TPSA) is 95.5 Å². The van der Waals surface area contributed by atoms with E-state index in [9.17, 15) is 9.59 Å². The molecule has 1 atom stereocenters. The van der Waals surface area contributed by atoms with Gasteiger partial charge in [0, 0.05) is 0 Å². The van der Waals surface area contributed by atoms with E-state index in [1.54, 1.807) is 49.4 Å². The standard InChI is InChI=1S/C32H32N2O6/c1-4-18-38-27-14-12-25(13-15-27)32(36)40-29-17-10-23(19-30(29)37-5-2)21-33-34-31(35)22(3)39-28-16-11-24-8-6-7-9-26(24)20-28/h6-17,19-22H,4-5,18H2,1-3H3,(H,34,35). The van der Waals surface area contributed by atoms with Crippen molar-refractivity contribution in [2.45, 2.75) is 33.3 Å². The van der Waals surface area contributed by atoms with E-state index in [0.29, 0.717) is 41.6 Å². The van der Waals surface area contributed by atoms with Crippen molar-refractivity contribution < 1.29 is 28.5 Å². The number of esters is 1. The molecule has 0 aromatic heterocycles. The van der Waals surface area contributed by atoms with Crippen LogP contribution in [-0.4, -0.2) is 37.4 Å². The Kier molecular flexibility index (Phi) is 9.72.